The molecule has 0 saturated heterocycles. The van der Waals surface area contributed by atoms with Gasteiger partial charge >= 0.3 is 0 Å². The molecule has 1 aromatic heterocycles. The van der Waals surface area contributed by atoms with Crippen molar-refractivity contribution in [3.05, 3.63) is 10.6 Å². The zero-order valence-corrected chi connectivity index (χ0v) is 12.0. The second-order valence-electron chi connectivity index (χ2n) is 5.13. The Morgan fingerprint density at radius 2 is 2.22 bits per heavy atom. The molecule has 0 aromatic carbocycles. The molecule has 1 fully saturated rings. The van der Waals surface area contributed by atoms with Crippen LogP contribution < -0.4 is 0 Å². The Balaban J connectivity index is 2.09. The van der Waals surface area contributed by atoms with Gasteiger partial charge in [-0.2, -0.15) is 5.10 Å². The van der Waals surface area contributed by atoms with Gasteiger partial charge in [0.2, 0.25) is 0 Å². The number of aromatic nitrogens is 3. The van der Waals surface area contributed by atoms with Crippen LogP contribution in [-0.4, -0.2) is 37.9 Å². The molecule has 6 heteroatoms. The van der Waals surface area contributed by atoms with Crippen molar-refractivity contribution in [3.63, 3.8) is 0 Å². The van der Waals surface area contributed by atoms with Crippen molar-refractivity contribution in [2.45, 2.75) is 46.0 Å². The number of hydrogen-bond donors (Lipinski definition) is 1. The summed E-state index contributed by atoms with van der Waals surface area (Å²) in [5.41, 5.74) is 0. The van der Waals surface area contributed by atoms with Gasteiger partial charge < -0.3 is 9.67 Å². The van der Waals surface area contributed by atoms with E-state index in [0.29, 0.717) is 17.3 Å². The molecular weight excluding hydrogens is 248 g/mol. The lowest BCUT2D eigenvalue weighted by atomic mass is 10.4. The fourth-order valence-electron chi connectivity index (χ4n) is 2.17. The van der Waals surface area contributed by atoms with Gasteiger partial charge in [-0.25, -0.2) is 4.68 Å². The Bertz CT molecular complexity index is 449. The highest BCUT2D eigenvalue weighted by molar-refractivity contribution is 7.71. The van der Waals surface area contributed by atoms with E-state index in [4.69, 9.17) is 12.2 Å². The van der Waals surface area contributed by atoms with Crippen molar-refractivity contribution >= 4 is 12.2 Å². The van der Waals surface area contributed by atoms with E-state index in [2.05, 4.69) is 24.0 Å². The van der Waals surface area contributed by atoms with Crippen molar-refractivity contribution in [1.29, 1.82) is 0 Å². The summed E-state index contributed by atoms with van der Waals surface area (Å²) in [6.07, 6.45) is 3.69. The van der Waals surface area contributed by atoms with Crippen LogP contribution in [0, 0.1) is 10.7 Å². The Hall–Kier alpha value is -0.720. The third kappa shape index (κ3) is 3.18. The van der Waals surface area contributed by atoms with Gasteiger partial charge in [-0.05, 0) is 44.4 Å². The van der Waals surface area contributed by atoms with Crippen LogP contribution in [0.5, 0.6) is 0 Å². The molecule has 1 heterocycles. The van der Waals surface area contributed by atoms with E-state index >= 15 is 0 Å². The van der Waals surface area contributed by atoms with Gasteiger partial charge in [0.25, 0.3) is 0 Å². The molecule has 0 spiro atoms. The van der Waals surface area contributed by atoms with Crippen LogP contribution in [0.3, 0.4) is 0 Å². The first-order valence-electron chi connectivity index (χ1n) is 6.61. The summed E-state index contributed by atoms with van der Waals surface area (Å²) in [6.45, 7) is 4.68. The zero-order chi connectivity index (χ0) is 13.1. The first-order valence-corrected chi connectivity index (χ1v) is 7.02. The summed E-state index contributed by atoms with van der Waals surface area (Å²) in [5.74, 6) is 1.53. The van der Waals surface area contributed by atoms with Gasteiger partial charge in [0.1, 0.15) is 6.61 Å². The lowest BCUT2D eigenvalue weighted by Crippen LogP contribution is -2.25. The summed E-state index contributed by atoms with van der Waals surface area (Å²) in [6, 6.07) is 0. The topological polar surface area (TPSA) is 46.2 Å². The largest absolute Gasteiger partial charge is 0.388 e. The Morgan fingerprint density at radius 3 is 2.78 bits per heavy atom. The summed E-state index contributed by atoms with van der Waals surface area (Å²) in [7, 11) is 2.09. The number of hydrogen-bond acceptors (Lipinski definition) is 4. The first kappa shape index (κ1) is 13.7. The Labute approximate surface area is 113 Å². The number of aliphatic hydroxyl groups excluding tert-OH is 1. The van der Waals surface area contributed by atoms with Gasteiger partial charge in [-0.15, -0.1) is 0 Å². The molecule has 0 bridgehead atoms. The van der Waals surface area contributed by atoms with Crippen molar-refractivity contribution < 1.29 is 5.11 Å². The van der Waals surface area contributed by atoms with E-state index in [0.717, 1.165) is 25.4 Å². The Morgan fingerprint density at radius 1 is 1.50 bits per heavy atom. The third-order valence-corrected chi connectivity index (χ3v) is 3.66. The summed E-state index contributed by atoms with van der Waals surface area (Å²) >= 11 is 5.42. The molecular formula is C12H22N4OS. The fraction of sp³-hybridized carbons (Fsp3) is 0.833. The maximum atomic E-state index is 9.32. The lowest BCUT2D eigenvalue weighted by Gasteiger charge is -2.15. The summed E-state index contributed by atoms with van der Waals surface area (Å²) in [4.78, 5) is 2.25. The van der Waals surface area contributed by atoms with Crippen LogP contribution >= 0.6 is 12.2 Å². The van der Waals surface area contributed by atoms with E-state index in [1.54, 1.807) is 0 Å². The van der Waals surface area contributed by atoms with E-state index in [9.17, 15) is 5.11 Å². The maximum absolute atomic E-state index is 9.32. The molecule has 0 aliphatic heterocycles. The molecule has 18 heavy (non-hydrogen) atoms. The average molecular weight is 270 g/mol. The summed E-state index contributed by atoms with van der Waals surface area (Å²) < 4.78 is 4.46. The molecule has 2 rings (SSSR count). The van der Waals surface area contributed by atoms with Gasteiger partial charge in [-0.1, -0.05) is 6.92 Å². The van der Waals surface area contributed by atoms with E-state index in [1.165, 1.54) is 12.8 Å². The first-order chi connectivity index (χ1) is 8.65. The van der Waals surface area contributed by atoms with Crippen molar-refractivity contribution in [2.75, 3.05) is 13.6 Å². The van der Waals surface area contributed by atoms with Gasteiger partial charge in [-0.3, -0.25) is 4.90 Å². The van der Waals surface area contributed by atoms with Gasteiger partial charge in [0.15, 0.2) is 10.6 Å². The maximum Gasteiger partial charge on any atom is 0.199 e. The second kappa shape index (κ2) is 5.95. The number of aliphatic hydroxyl groups is 1. The Kier molecular flexibility index (Phi) is 4.53. The van der Waals surface area contributed by atoms with Crippen molar-refractivity contribution in [3.8, 4) is 0 Å². The smallest absolute Gasteiger partial charge is 0.199 e. The standard InChI is InChI=1S/C12H22N4OS/c1-3-6-15-11(8-17)13-16(12(15)18)9-14(2)7-10-4-5-10/h10,17H,3-9H2,1-2H3. The molecule has 1 aliphatic rings. The lowest BCUT2D eigenvalue weighted by molar-refractivity contribution is 0.237. The molecule has 1 aromatic rings. The van der Waals surface area contributed by atoms with Crippen LogP contribution in [0.1, 0.15) is 32.0 Å². The van der Waals surface area contributed by atoms with E-state index in [1.807, 2.05) is 9.25 Å². The molecule has 5 nitrogen and oxygen atoms in total. The number of nitrogens with zero attached hydrogens (tertiary/aromatic N) is 4. The highest BCUT2D eigenvalue weighted by Gasteiger charge is 2.23. The van der Waals surface area contributed by atoms with Crippen LogP contribution in [0.4, 0.5) is 0 Å². The minimum Gasteiger partial charge on any atom is -0.388 e. The average Bonchev–Trinajstić information content (AvgIpc) is 3.10. The predicted molar refractivity (Wildman–Crippen MR) is 72.6 cm³/mol. The van der Waals surface area contributed by atoms with E-state index in [-0.39, 0.29) is 6.61 Å². The van der Waals surface area contributed by atoms with Crippen molar-refractivity contribution in [2.24, 2.45) is 5.92 Å². The molecule has 1 aliphatic carbocycles. The van der Waals surface area contributed by atoms with Crippen LogP contribution in [-0.2, 0) is 19.8 Å². The monoisotopic (exact) mass is 270 g/mol. The van der Waals surface area contributed by atoms with Crippen LogP contribution in [0.2, 0.25) is 0 Å². The quantitative estimate of drug-likeness (QED) is 0.765. The van der Waals surface area contributed by atoms with Gasteiger partial charge in [0.05, 0.1) is 6.67 Å². The highest BCUT2D eigenvalue weighted by Crippen LogP contribution is 2.29. The normalized spacial score (nSPS) is 15.6. The summed E-state index contributed by atoms with van der Waals surface area (Å²) in [5, 5.41) is 13.7. The molecule has 0 atom stereocenters. The van der Waals surface area contributed by atoms with Crippen LogP contribution in [0.25, 0.3) is 0 Å². The molecule has 1 N–H and O–H groups in total. The highest BCUT2D eigenvalue weighted by atomic mass is 32.1. The van der Waals surface area contributed by atoms with Crippen molar-refractivity contribution in [1.82, 2.24) is 19.2 Å². The molecule has 102 valence electrons. The third-order valence-electron chi connectivity index (χ3n) is 3.23. The fourth-order valence-corrected chi connectivity index (χ4v) is 2.47. The van der Waals surface area contributed by atoms with Gasteiger partial charge in [0, 0.05) is 13.1 Å². The van der Waals surface area contributed by atoms with Crippen LogP contribution in [0.15, 0.2) is 0 Å². The SMILES string of the molecule is CCCn1c(CO)nn(CN(C)CC2CC2)c1=S. The van der Waals surface area contributed by atoms with E-state index < -0.39 is 0 Å². The zero-order valence-electron chi connectivity index (χ0n) is 11.2. The predicted octanol–water partition coefficient (Wildman–Crippen LogP) is 1.62. The minimum atomic E-state index is -0.0526. The molecule has 0 unspecified atom stereocenters. The molecule has 0 radical (unpaired) electrons. The number of rotatable bonds is 7. The molecule has 1 saturated carbocycles. The second-order valence-corrected chi connectivity index (χ2v) is 5.50. The minimum absolute atomic E-state index is 0.0526. The molecule has 0 amide bonds.